The van der Waals surface area contributed by atoms with Crippen molar-refractivity contribution in [2.24, 2.45) is 17.8 Å². The van der Waals surface area contributed by atoms with Gasteiger partial charge in [0.2, 0.25) is 0 Å². The van der Waals surface area contributed by atoms with Crippen molar-refractivity contribution >= 4 is 29.2 Å². The second kappa shape index (κ2) is 11.8. The number of fused-ring (bicyclic) bond motifs is 1. The lowest BCUT2D eigenvalue weighted by molar-refractivity contribution is -0.161. The van der Waals surface area contributed by atoms with Gasteiger partial charge in [0.25, 0.3) is 0 Å². The van der Waals surface area contributed by atoms with Gasteiger partial charge >= 0.3 is 17.9 Å². The number of carbonyl (C=O) groups excluding carboxylic acids is 2. The third-order valence-electron chi connectivity index (χ3n) is 5.21. The van der Waals surface area contributed by atoms with Gasteiger partial charge in [-0.3, -0.25) is 14.4 Å². The van der Waals surface area contributed by atoms with Crippen molar-refractivity contribution in [2.45, 2.75) is 66.3 Å². The SMILES string of the molecule is CC(C)C(=O)O.CC(C)C(=O)OCC1OC(c2cc(O)c3c(N)ncnn23)C[C@@H]1OC(=O)C(C)C. The van der Waals surface area contributed by atoms with Gasteiger partial charge in [-0.15, -0.1) is 0 Å². The van der Waals surface area contributed by atoms with Crippen molar-refractivity contribution in [3.8, 4) is 5.75 Å². The van der Waals surface area contributed by atoms with E-state index in [1.165, 1.54) is 16.9 Å². The van der Waals surface area contributed by atoms with Gasteiger partial charge in [-0.05, 0) is 0 Å². The number of hydrogen-bond acceptors (Lipinski definition) is 10. The molecule has 12 nitrogen and oxygen atoms in total. The largest absolute Gasteiger partial charge is 0.505 e. The Morgan fingerprint density at radius 1 is 1.14 bits per heavy atom. The van der Waals surface area contributed by atoms with Gasteiger partial charge in [0.05, 0.1) is 23.4 Å². The Balaban J connectivity index is 0.000000641. The zero-order valence-electron chi connectivity index (χ0n) is 20.8. The summed E-state index contributed by atoms with van der Waals surface area (Å²) in [6, 6.07) is 1.49. The van der Waals surface area contributed by atoms with E-state index in [9.17, 15) is 19.5 Å². The van der Waals surface area contributed by atoms with Crippen molar-refractivity contribution in [3.63, 3.8) is 0 Å². The van der Waals surface area contributed by atoms with Gasteiger partial charge in [-0.2, -0.15) is 5.10 Å². The maximum absolute atomic E-state index is 12.1. The first-order valence-electron chi connectivity index (χ1n) is 11.4. The minimum Gasteiger partial charge on any atom is -0.505 e. The summed E-state index contributed by atoms with van der Waals surface area (Å²) < 4.78 is 18.4. The number of carboxylic acids is 1. The number of carboxylic acid groups (broad SMARTS) is 1. The summed E-state index contributed by atoms with van der Waals surface area (Å²) in [6.45, 7) is 10.2. The zero-order valence-corrected chi connectivity index (χ0v) is 20.8. The molecular formula is C23H34N4O8. The van der Waals surface area contributed by atoms with E-state index in [2.05, 4.69) is 10.1 Å². The number of anilines is 1. The highest BCUT2D eigenvalue weighted by atomic mass is 16.6. The number of aromatic nitrogens is 3. The molecule has 12 heteroatoms. The van der Waals surface area contributed by atoms with E-state index in [4.69, 9.17) is 25.1 Å². The van der Waals surface area contributed by atoms with E-state index < -0.39 is 24.3 Å². The second-order valence-corrected chi connectivity index (χ2v) is 9.17. The predicted octanol–water partition coefficient (Wildman–Crippen LogP) is 2.34. The van der Waals surface area contributed by atoms with E-state index in [1.807, 2.05) is 0 Å². The molecule has 3 heterocycles. The van der Waals surface area contributed by atoms with Crippen LogP contribution in [0.2, 0.25) is 0 Å². The molecule has 2 aromatic heterocycles. The minimum atomic E-state index is -0.741. The van der Waals surface area contributed by atoms with Crippen molar-refractivity contribution in [3.05, 3.63) is 18.1 Å². The summed E-state index contributed by atoms with van der Waals surface area (Å²) >= 11 is 0. The van der Waals surface area contributed by atoms with E-state index >= 15 is 0 Å². The summed E-state index contributed by atoms with van der Waals surface area (Å²) in [4.78, 5) is 37.6. The predicted molar refractivity (Wildman–Crippen MR) is 124 cm³/mol. The lowest BCUT2D eigenvalue weighted by atomic mass is 10.1. The topological polar surface area (TPSA) is 176 Å². The molecule has 0 aromatic carbocycles. The Labute approximate surface area is 203 Å². The summed E-state index contributed by atoms with van der Waals surface area (Å²) in [5.41, 5.74) is 6.64. The fourth-order valence-corrected chi connectivity index (χ4v) is 3.10. The number of hydrogen-bond donors (Lipinski definition) is 3. The third kappa shape index (κ3) is 7.04. The molecule has 0 amide bonds. The van der Waals surface area contributed by atoms with Crippen molar-refractivity contribution in [1.82, 2.24) is 14.6 Å². The highest BCUT2D eigenvalue weighted by molar-refractivity contribution is 5.74. The van der Waals surface area contributed by atoms with Crippen LogP contribution in [-0.2, 0) is 28.6 Å². The Morgan fingerprint density at radius 2 is 1.74 bits per heavy atom. The summed E-state index contributed by atoms with van der Waals surface area (Å²) in [6.07, 6.45) is -0.208. The van der Waals surface area contributed by atoms with E-state index in [0.29, 0.717) is 12.1 Å². The first kappa shape index (κ1) is 27.8. The molecule has 2 unspecified atom stereocenters. The molecule has 3 rings (SSSR count). The van der Waals surface area contributed by atoms with Crippen LogP contribution in [0.4, 0.5) is 5.82 Å². The van der Waals surface area contributed by atoms with E-state index in [1.54, 1.807) is 41.5 Å². The van der Waals surface area contributed by atoms with Gasteiger partial charge < -0.3 is 30.2 Å². The molecule has 35 heavy (non-hydrogen) atoms. The van der Waals surface area contributed by atoms with Crippen LogP contribution < -0.4 is 5.73 Å². The standard InChI is InChI=1S/C19H26N4O6.C4H8O2/c1-9(2)18(25)27-7-15-14(29-19(26)10(3)4)6-13(28-15)11-5-12(24)16-17(20)21-8-22-23(11)16;1-3(2)4(5)6/h5,8-10,13-15,24H,6-7H2,1-4H3,(H2,20,21,22);3H,1-2H3,(H,5,6)/t13?,14-,15?;/m0./s1. The molecule has 0 bridgehead atoms. The Hall–Kier alpha value is -3.41. The normalized spacial score (nSPS) is 19.6. The lowest BCUT2D eigenvalue weighted by Gasteiger charge is -2.20. The lowest BCUT2D eigenvalue weighted by Crippen LogP contribution is -2.33. The van der Waals surface area contributed by atoms with Crippen molar-refractivity contribution in [2.75, 3.05) is 12.3 Å². The van der Waals surface area contributed by atoms with Crippen LogP contribution >= 0.6 is 0 Å². The van der Waals surface area contributed by atoms with Crippen LogP contribution in [0.25, 0.3) is 5.52 Å². The fraction of sp³-hybridized carbons (Fsp3) is 0.609. The minimum absolute atomic E-state index is 0.0457. The van der Waals surface area contributed by atoms with Gasteiger partial charge in [0.1, 0.15) is 42.5 Å². The number of nitrogens with two attached hydrogens (primary N) is 1. The molecule has 3 atom stereocenters. The molecule has 1 fully saturated rings. The monoisotopic (exact) mass is 494 g/mol. The van der Waals surface area contributed by atoms with Gasteiger partial charge in [0.15, 0.2) is 5.82 Å². The fourth-order valence-electron chi connectivity index (χ4n) is 3.10. The first-order chi connectivity index (χ1) is 16.3. The van der Waals surface area contributed by atoms with Crippen LogP contribution in [0.5, 0.6) is 5.75 Å². The highest BCUT2D eigenvalue weighted by Crippen LogP contribution is 2.39. The number of esters is 2. The molecular weight excluding hydrogens is 460 g/mol. The molecule has 1 aliphatic rings. The quantitative estimate of drug-likeness (QED) is 0.482. The van der Waals surface area contributed by atoms with Crippen molar-refractivity contribution in [1.29, 1.82) is 0 Å². The molecule has 0 radical (unpaired) electrons. The Morgan fingerprint density at radius 3 is 2.29 bits per heavy atom. The maximum Gasteiger partial charge on any atom is 0.308 e. The van der Waals surface area contributed by atoms with E-state index in [-0.39, 0.29) is 53.4 Å². The van der Waals surface area contributed by atoms with E-state index in [0.717, 1.165) is 0 Å². The Kier molecular flexibility index (Phi) is 9.40. The molecule has 1 aliphatic heterocycles. The van der Waals surface area contributed by atoms with Gasteiger partial charge in [0, 0.05) is 12.5 Å². The van der Waals surface area contributed by atoms with Crippen LogP contribution in [-0.4, -0.2) is 61.5 Å². The molecule has 4 N–H and O–H groups in total. The summed E-state index contributed by atoms with van der Waals surface area (Å²) in [5, 5.41) is 22.4. The Bertz CT molecular complexity index is 1050. The molecule has 1 saturated heterocycles. The summed E-state index contributed by atoms with van der Waals surface area (Å²) in [5.74, 6) is -2.24. The number of carbonyl (C=O) groups is 3. The van der Waals surface area contributed by atoms with Crippen molar-refractivity contribution < 1.29 is 38.8 Å². The number of nitrogens with zero attached hydrogens (tertiary/aromatic N) is 3. The van der Waals surface area contributed by atoms with Gasteiger partial charge in [-0.1, -0.05) is 41.5 Å². The number of aromatic hydroxyl groups is 1. The number of aliphatic carboxylic acids is 1. The highest BCUT2D eigenvalue weighted by Gasteiger charge is 2.41. The number of rotatable bonds is 7. The van der Waals surface area contributed by atoms with Gasteiger partial charge in [-0.25, -0.2) is 9.50 Å². The molecule has 2 aromatic rings. The van der Waals surface area contributed by atoms with Crippen LogP contribution in [0, 0.1) is 17.8 Å². The van der Waals surface area contributed by atoms with Crippen LogP contribution in [0.15, 0.2) is 12.4 Å². The average molecular weight is 495 g/mol. The summed E-state index contributed by atoms with van der Waals surface area (Å²) in [7, 11) is 0. The smallest absolute Gasteiger partial charge is 0.308 e. The molecule has 0 saturated carbocycles. The maximum atomic E-state index is 12.1. The molecule has 0 spiro atoms. The second-order valence-electron chi connectivity index (χ2n) is 9.17. The third-order valence-corrected chi connectivity index (χ3v) is 5.21. The van der Waals surface area contributed by atoms with Crippen LogP contribution in [0.3, 0.4) is 0 Å². The molecule has 194 valence electrons. The number of ether oxygens (including phenoxy) is 3. The average Bonchev–Trinajstić information content (AvgIpc) is 3.33. The van der Waals surface area contributed by atoms with Crippen LogP contribution in [0.1, 0.15) is 59.8 Å². The first-order valence-corrected chi connectivity index (χ1v) is 11.4. The zero-order chi connectivity index (χ0) is 26.4. The number of nitrogen functional groups attached to an aromatic ring is 1. The molecule has 0 aliphatic carbocycles.